The van der Waals surface area contributed by atoms with Crippen LogP contribution in [-0.2, 0) is 14.8 Å². The fourth-order valence-electron chi connectivity index (χ4n) is 1.41. The van der Waals surface area contributed by atoms with E-state index in [0.29, 0.717) is 6.07 Å². The lowest BCUT2D eigenvalue weighted by Crippen LogP contribution is -2.53. The minimum Gasteiger partial charge on any atom is -0.548 e. The summed E-state index contributed by atoms with van der Waals surface area (Å²) in [5.74, 6) is -3.48. The van der Waals surface area contributed by atoms with Gasteiger partial charge >= 0.3 is 0 Å². The Morgan fingerprint density at radius 2 is 1.90 bits per heavy atom. The molecule has 10 heteroatoms. The molecule has 0 saturated heterocycles. The summed E-state index contributed by atoms with van der Waals surface area (Å²) >= 11 is 5.67. The second kappa shape index (κ2) is 6.39. The summed E-state index contributed by atoms with van der Waals surface area (Å²) in [7, 11) is -4.49. The highest BCUT2D eigenvalue weighted by molar-refractivity contribution is 7.89. The molecule has 0 aliphatic carbocycles. The van der Waals surface area contributed by atoms with Crippen LogP contribution in [0.5, 0.6) is 0 Å². The highest BCUT2D eigenvalue weighted by atomic mass is 35.5. The lowest BCUT2D eigenvalue weighted by Gasteiger charge is -2.22. The highest BCUT2D eigenvalue weighted by Crippen LogP contribution is 2.22. The number of hydrogen-bond donors (Lipinski definition) is 2. The molecule has 0 bridgehead atoms. The van der Waals surface area contributed by atoms with Crippen LogP contribution in [0.25, 0.3) is 0 Å². The molecule has 0 radical (unpaired) electrons. The van der Waals surface area contributed by atoms with Crippen LogP contribution in [0.3, 0.4) is 0 Å². The Kier molecular flexibility index (Phi) is 5.29. The van der Waals surface area contributed by atoms with Crippen LogP contribution in [0, 0.1) is 0 Å². The number of carboxylic acid groups (broad SMARTS) is 2. The summed E-state index contributed by atoms with van der Waals surface area (Å²) in [6.07, 6.45) is -1.58. The molecule has 0 heterocycles. The Balaban J connectivity index is 3.27. The molecule has 0 aliphatic rings. The number of halogens is 1. The van der Waals surface area contributed by atoms with Gasteiger partial charge in [0.2, 0.25) is 10.0 Å². The molecule has 2 N–H and O–H groups in total. The number of carboxylic acids is 2. The fraction of sp³-hybridized carbons (Fsp3) is 0.273. The van der Waals surface area contributed by atoms with E-state index in [1.807, 2.05) is 0 Å². The van der Waals surface area contributed by atoms with Crippen molar-refractivity contribution in [3.05, 3.63) is 28.8 Å². The van der Waals surface area contributed by atoms with Crippen LogP contribution >= 0.6 is 11.6 Å². The van der Waals surface area contributed by atoms with Crippen LogP contribution in [0.1, 0.15) is 17.3 Å². The van der Waals surface area contributed by atoms with Crippen LogP contribution in [0.4, 0.5) is 0 Å². The van der Waals surface area contributed by atoms with Gasteiger partial charge in [-0.1, -0.05) is 17.7 Å². The van der Waals surface area contributed by atoms with Gasteiger partial charge < -0.3 is 24.9 Å². The third-order valence-electron chi connectivity index (χ3n) is 2.47. The molecule has 0 aliphatic heterocycles. The normalized spacial score (nSPS) is 14.4. The molecule has 0 fully saturated rings. The number of hydrogen-bond acceptors (Lipinski definition) is 7. The van der Waals surface area contributed by atoms with Crippen molar-refractivity contribution in [3.8, 4) is 0 Å². The Morgan fingerprint density at radius 1 is 1.33 bits per heavy atom. The summed E-state index contributed by atoms with van der Waals surface area (Å²) in [5, 5.41) is 30.4. The van der Waals surface area contributed by atoms with Gasteiger partial charge in [-0.25, -0.2) is 8.42 Å². The number of aromatic carboxylic acids is 1. The van der Waals surface area contributed by atoms with Crippen LogP contribution in [0.2, 0.25) is 5.02 Å². The molecule has 1 aromatic carbocycles. The predicted octanol–water partition coefficient (Wildman–Crippen LogP) is -2.52. The molecule has 1 rings (SSSR count). The Morgan fingerprint density at radius 3 is 2.33 bits per heavy atom. The van der Waals surface area contributed by atoms with E-state index in [9.17, 15) is 33.3 Å². The van der Waals surface area contributed by atoms with E-state index >= 15 is 0 Å². The first-order chi connectivity index (χ1) is 9.56. The van der Waals surface area contributed by atoms with Gasteiger partial charge in [0.05, 0.1) is 29.1 Å². The molecule has 2 atom stereocenters. The monoisotopic (exact) mass is 335 g/mol. The maximum Gasteiger partial charge on any atom is 0.242 e. The van der Waals surface area contributed by atoms with Crippen molar-refractivity contribution in [1.29, 1.82) is 0 Å². The van der Waals surface area contributed by atoms with Gasteiger partial charge in [0.15, 0.2) is 0 Å². The molecular weight excluding hydrogens is 326 g/mol. The second-order valence-electron chi connectivity index (χ2n) is 4.09. The third-order valence-corrected chi connectivity index (χ3v) is 4.40. The van der Waals surface area contributed by atoms with Crippen molar-refractivity contribution in [3.63, 3.8) is 0 Å². The molecule has 21 heavy (non-hydrogen) atoms. The summed E-state index contributed by atoms with van der Waals surface area (Å²) in [4.78, 5) is 20.8. The summed E-state index contributed by atoms with van der Waals surface area (Å²) in [6, 6.07) is 0.839. The van der Waals surface area contributed by atoms with E-state index in [2.05, 4.69) is 0 Å². The van der Waals surface area contributed by atoms with Crippen molar-refractivity contribution in [2.24, 2.45) is 0 Å². The number of carbonyl (C=O) groups is 2. The van der Waals surface area contributed by atoms with Gasteiger partial charge in [0.25, 0.3) is 0 Å². The van der Waals surface area contributed by atoms with Gasteiger partial charge in [-0.2, -0.15) is 4.72 Å². The zero-order valence-corrected chi connectivity index (χ0v) is 12.1. The van der Waals surface area contributed by atoms with Crippen LogP contribution < -0.4 is 14.9 Å². The molecule has 1 aromatic rings. The molecule has 116 valence electrons. The van der Waals surface area contributed by atoms with Gasteiger partial charge in [0.1, 0.15) is 4.90 Å². The van der Waals surface area contributed by atoms with Gasteiger partial charge in [-0.15, -0.1) is 0 Å². The van der Waals surface area contributed by atoms with Crippen molar-refractivity contribution >= 4 is 33.6 Å². The maximum absolute atomic E-state index is 12.0. The van der Waals surface area contributed by atoms with E-state index in [4.69, 9.17) is 11.6 Å². The molecule has 0 spiro atoms. The minimum atomic E-state index is -4.49. The zero-order chi connectivity index (χ0) is 16.4. The van der Waals surface area contributed by atoms with E-state index < -0.39 is 44.6 Å². The number of nitrogens with one attached hydrogen (secondary N) is 1. The number of aliphatic hydroxyl groups excluding tert-OH is 1. The molecule has 0 saturated carbocycles. The Hall–Kier alpha value is -1.68. The molecule has 0 unspecified atom stereocenters. The van der Waals surface area contributed by atoms with Gasteiger partial charge in [-0.05, 0) is 24.6 Å². The lowest BCUT2D eigenvalue weighted by atomic mass is 10.2. The minimum absolute atomic E-state index is 0.324. The largest absolute Gasteiger partial charge is 0.548 e. The third kappa shape index (κ3) is 4.14. The Labute approximate surface area is 125 Å². The number of rotatable bonds is 6. The SMILES string of the molecule is C[C@@H](O)[C@@H](NS(=O)(=O)c1cc(C(=O)[O-])ccc1Cl)C(=O)[O-]. The average molecular weight is 336 g/mol. The summed E-state index contributed by atoms with van der Waals surface area (Å²) in [6.45, 7) is 1.04. The maximum atomic E-state index is 12.0. The van der Waals surface area contributed by atoms with Gasteiger partial charge in [0, 0.05) is 0 Å². The predicted molar refractivity (Wildman–Crippen MR) is 66.6 cm³/mol. The molecule has 8 nitrogen and oxygen atoms in total. The summed E-state index contributed by atoms with van der Waals surface area (Å²) < 4.78 is 25.7. The van der Waals surface area contributed by atoms with E-state index in [-0.39, 0.29) is 5.02 Å². The van der Waals surface area contributed by atoms with E-state index in [1.165, 1.54) is 0 Å². The zero-order valence-electron chi connectivity index (χ0n) is 10.6. The first-order valence-electron chi connectivity index (χ1n) is 5.48. The first kappa shape index (κ1) is 17.4. The topological polar surface area (TPSA) is 147 Å². The fourth-order valence-corrected chi connectivity index (χ4v) is 3.19. The van der Waals surface area contributed by atoms with Crippen LogP contribution in [-0.4, -0.2) is 37.6 Å². The quantitative estimate of drug-likeness (QED) is 0.583. The summed E-state index contributed by atoms with van der Waals surface area (Å²) in [5.41, 5.74) is -0.457. The van der Waals surface area contributed by atoms with Crippen molar-refractivity contribution < 1.29 is 33.3 Å². The van der Waals surface area contributed by atoms with Crippen LogP contribution in [0.15, 0.2) is 23.1 Å². The van der Waals surface area contributed by atoms with Gasteiger partial charge in [-0.3, -0.25) is 0 Å². The second-order valence-corrected chi connectivity index (χ2v) is 6.18. The van der Waals surface area contributed by atoms with Crippen molar-refractivity contribution in [2.45, 2.75) is 24.0 Å². The first-order valence-corrected chi connectivity index (χ1v) is 7.34. The smallest absolute Gasteiger partial charge is 0.242 e. The Bertz CT molecular complexity index is 671. The standard InChI is InChI=1S/C11H12ClNO7S/c1-5(14)9(11(17)18)13-21(19,20)8-4-6(10(15)16)2-3-7(8)12/h2-5,9,13-14H,1H3,(H,15,16)(H,17,18)/p-2/t5-,9-/m1/s1. The number of aliphatic carboxylic acids is 1. The van der Waals surface area contributed by atoms with E-state index in [0.717, 1.165) is 19.1 Å². The molecule has 0 aromatic heterocycles. The molecular formula is C11H10ClNO7S-2. The average Bonchev–Trinajstić information content (AvgIpc) is 2.35. The van der Waals surface area contributed by atoms with E-state index in [1.54, 1.807) is 4.72 Å². The number of sulfonamides is 1. The number of aliphatic hydroxyl groups is 1. The number of benzene rings is 1. The lowest BCUT2D eigenvalue weighted by molar-refractivity contribution is -0.309. The van der Waals surface area contributed by atoms with Crippen molar-refractivity contribution in [2.75, 3.05) is 0 Å². The van der Waals surface area contributed by atoms with Crippen molar-refractivity contribution in [1.82, 2.24) is 4.72 Å². The highest BCUT2D eigenvalue weighted by Gasteiger charge is 2.26. The molecule has 0 amide bonds. The number of carbonyl (C=O) groups excluding carboxylic acids is 2.